The number of nitrogens with one attached hydrogen (secondary N) is 1. The molecule has 0 radical (unpaired) electrons. The summed E-state index contributed by atoms with van der Waals surface area (Å²) in [6, 6.07) is 10.9. The molecule has 7 nitrogen and oxygen atoms in total. The maximum absolute atomic E-state index is 13.6. The van der Waals surface area contributed by atoms with Crippen LogP contribution < -0.4 is 15.6 Å². The number of hydrogen-bond acceptors (Lipinski definition) is 7. The van der Waals surface area contributed by atoms with Crippen molar-refractivity contribution >= 4 is 44.9 Å². The van der Waals surface area contributed by atoms with Gasteiger partial charge in [0.1, 0.15) is 16.3 Å². The second kappa shape index (κ2) is 10.1. The van der Waals surface area contributed by atoms with Crippen LogP contribution in [0.4, 0.5) is 5.69 Å². The highest BCUT2D eigenvalue weighted by Crippen LogP contribution is 2.35. The number of nitrogens with zero attached hydrogens (tertiary/aromatic N) is 2. The van der Waals surface area contributed by atoms with Crippen molar-refractivity contribution in [2.75, 3.05) is 17.7 Å². The lowest BCUT2D eigenvalue weighted by atomic mass is 9.97. The summed E-state index contributed by atoms with van der Waals surface area (Å²) in [7, 11) is 0. The van der Waals surface area contributed by atoms with Gasteiger partial charge in [-0.15, -0.1) is 11.3 Å². The molecule has 4 aromatic rings. The molecule has 0 unspecified atom stereocenters. The molecule has 1 aliphatic carbocycles. The summed E-state index contributed by atoms with van der Waals surface area (Å²) in [5.74, 6) is 1.40. The lowest BCUT2D eigenvalue weighted by Crippen LogP contribution is -2.25. The second-order valence-electron chi connectivity index (χ2n) is 8.05. The Hall–Kier alpha value is -3.04. The third kappa shape index (κ3) is 4.76. The van der Waals surface area contributed by atoms with Crippen molar-refractivity contribution in [3.05, 3.63) is 69.2 Å². The Morgan fingerprint density at radius 1 is 1.24 bits per heavy atom. The molecule has 0 aliphatic heterocycles. The van der Waals surface area contributed by atoms with Gasteiger partial charge in [0, 0.05) is 10.6 Å². The zero-order valence-corrected chi connectivity index (χ0v) is 20.5. The number of thiophene rings is 1. The minimum atomic E-state index is -0.168. The monoisotopic (exact) mass is 495 g/mol. The number of fused-ring (bicyclic) bond motifs is 3. The molecule has 3 aromatic heterocycles. The Morgan fingerprint density at radius 2 is 2.06 bits per heavy atom. The second-order valence-corrected chi connectivity index (χ2v) is 10.1. The van der Waals surface area contributed by atoms with Crippen LogP contribution in [0.3, 0.4) is 0 Å². The van der Waals surface area contributed by atoms with Gasteiger partial charge in [0.15, 0.2) is 5.16 Å². The van der Waals surface area contributed by atoms with Crippen LogP contribution in [0.5, 0.6) is 5.75 Å². The van der Waals surface area contributed by atoms with E-state index < -0.39 is 0 Å². The molecule has 176 valence electrons. The van der Waals surface area contributed by atoms with Crippen LogP contribution in [0.1, 0.15) is 36.0 Å². The van der Waals surface area contributed by atoms with Crippen LogP contribution >= 0.6 is 23.1 Å². The number of hydrogen-bond donors (Lipinski definition) is 1. The van der Waals surface area contributed by atoms with E-state index in [0.717, 1.165) is 47.2 Å². The number of furan rings is 1. The third-order valence-corrected chi connectivity index (χ3v) is 7.88. The molecule has 1 amide bonds. The van der Waals surface area contributed by atoms with Crippen molar-refractivity contribution in [3.63, 3.8) is 0 Å². The first-order valence-electron chi connectivity index (χ1n) is 11.4. The zero-order valence-electron chi connectivity index (χ0n) is 18.8. The molecular formula is C25H25N3O4S2. The van der Waals surface area contributed by atoms with E-state index in [0.29, 0.717) is 23.2 Å². The first-order valence-corrected chi connectivity index (χ1v) is 13.2. The summed E-state index contributed by atoms with van der Waals surface area (Å²) >= 11 is 2.88. The van der Waals surface area contributed by atoms with Gasteiger partial charge in [-0.3, -0.25) is 14.2 Å². The van der Waals surface area contributed by atoms with Crippen molar-refractivity contribution in [2.24, 2.45) is 0 Å². The average molecular weight is 496 g/mol. The summed E-state index contributed by atoms with van der Waals surface area (Å²) in [6.07, 6.45) is 5.76. The van der Waals surface area contributed by atoms with Crippen LogP contribution in [0.15, 0.2) is 57.0 Å². The standard InChI is InChI=1S/C25H25N3O4S2/c1-2-31-17-11-9-16(10-12-17)26-21(29)15-33-25-27-23-22(19-7-3-4-8-20(19)34-23)24(30)28(25)14-18-6-5-13-32-18/h5-6,9-13H,2-4,7-8,14-15H2,1H3,(H,26,29). The number of carbonyl (C=O) groups excluding carboxylic acids is 1. The molecule has 0 bridgehead atoms. The highest BCUT2D eigenvalue weighted by molar-refractivity contribution is 7.99. The molecular weight excluding hydrogens is 470 g/mol. The van der Waals surface area contributed by atoms with Crippen molar-refractivity contribution < 1.29 is 13.9 Å². The van der Waals surface area contributed by atoms with Gasteiger partial charge >= 0.3 is 0 Å². The number of aryl methyl sites for hydroxylation is 2. The minimum Gasteiger partial charge on any atom is -0.494 e. The number of carbonyl (C=O) groups is 1. The summed E-state index contributed by atoms with van der Waals surface area (Å²) in [6.45, 7) is 2.80. The number of ether oxygens (including phenoxy) is 1. The first-order chi connectivity index (χ1) is 16.6. The fraction of sp³-hybridized carbons (Fsp3) is 0.320. The zero-order chi connectivity index (χ0) is 23.5. The third-order valence-electron chi connectivity index (χ3n) is 5.72. The molecule has 5 rings (SSSR count). The van der Waals surface area contributed by atoms with E-state index in [2.05, 4.69) is 5.32 Å². The number of anilines is 1. The van der Waals surface area contributed by atoms with E-state index in [9.17, 15) is 9.59 Å². The molecule has 0 fully saturated rings. The van der Waals surface area contributed by atoms with Gasteiger partial charge in [0.25, 0.3) is 5.56 Å². The largest absolute Gasteiger partial charge is 0.494 e. The van der Waals surface area contributed by atoms with Crippen molar-refractivity contribution in [1.82, 2.24) is 9.55 Å². The number of thioether (sulfide) groups is 1. The van der Waals surface area contributed by atoms with Crippen molar-refractivity contribution in [3.8, 4) is 5.75 Å². The quantitative estimate of drug-likeness (QED) is 0.270. The SMILES string of the molecule is CCOc1ccc(NC(=O)CSc2nc3sc4c(c3c(=O)n2Cc2ccco2)CCCC4)cc1. The van der Waals surface area contributed by atoms with E-state index in [1.54, 1.807) is 40.4 Å². The van der Waals surface area contributed by atoms with Gasteiger partial charge in [0.2, 0.25) is 5.91 Å². The lowest BCUT2D eigenvalue weighted by molar-refractivity contribution is -0.113. The average Bonchev–Trinajstić information content (AvgIpc) is 3.49. The number of aromatic nitrogens is 2. The van der Waals surface area contributed by atoms with Crippen LogP contribution in [0, 0.1) is 0 Å². The van der Waals surface area contributed by atoms with E-state index in [-0.39, 0.29) is 23.8 Å². The molecule has 1 aromatic carbocycles. The van der Waals surface area contributed by atoms with Gasteiger partial charge in [-0.1, -0.05) is 11.8 Å². The number of amides is 1. The summed E-state index contributed by atoms with van der Waals surface area (Å²) in [4.78, 5) is 33.1. The normalized spacial score (nSPS) is 13.1. The predicted octanol–water partition coefficient (Wildman–Crippen LogP) is 5.11. The van der Waals surface area contributed by atoms with Crippen LogP contribution in [-0.2, 0) is 24.2 Å². The van der Waals surface area contributed by atoms with E-state index in [1.807, 2.05) is 25.1 Å². The molecule has 1 N–H and O–H groups in total. The first kappa shape index (κ1) is 22.7. The number of benzene rings is 1. The van der Waals surface area contributed by atoms with Gasteiger partial charge in [-0.25, -0.2) is 4.98 Å². The molecule has 0 spiro atoms. The van der Waals surface area contributed by atoms with Gasteiger partial charge in [-0.2, -0.15) is 0 Å². The molecule has 0 atom stereocenters. The highest BCUT2D eigenvalue weighted by atomic mass is 32.2. The van der Waals surface area contributed by atoms with Crippen molar-refractivity contribution in [1.29, 1.82) is 0 Å². The summed E-state index contributed by atoms with van der Waals surface area (Å²) in [5.41, 5.74) is 1.79. The fourth-order valence-corrected chi connectivity index (χ4v) is 6.26. The summed E-state index contributed by atoms with van der Waals surface area (Å²) in [5, 5.41) is 4.15. The Labute approximate surface area is 205 Å². The number of rotatable bonds is 8. The molecule has 0 saturated heterocycles. The van der Waals surface area contributed by atoms with Gasteiger partial charge in [0.05, 0.1) is 30.6 Å². The Morgan fingerprint density at radius 3 is 2.82 bits per heavy atom. The van der Waals surface area contributed by atoms with Crippen LogP contribution in [0.2, 0.25) is 0 Å². The summed E-state index contributed by atoms with van der Waals surface area (Å²) < 4.78 is 12.6. The van der Waals surface area contributed by atoms with E-state index in [4.69, 9.17) is 14.1 Å². The highest BCUT2D eigenvalue weighted by Gasteiger charge is 2.23. The van der Waals surface area contributed by atoms with E-state index in [1.165, 1.54) is 16.6 Å². The van der Waals surface area contributed by atoms with Crippen LogP contribution in [0.25, 0.3) is 10.2 Å². The molecule has 9 heteroatoms. The smallest absolute Gasteiger partial charge is 0.263 e. The van der Waals surface area contributed by atoms with E-state index >= 15 is 0 Å². The molecule has 0 saturated carbocycles. The Kier molecular flexibility index (Phi) is 6.73. The lowest BCUT2D eigenvalue weighted by Gasteiger charge is -2.13. The van der Waals surface area contributed by atoms with Gasteiger partial charge < -0.3 is 14.5 Å². The topological polar surface area (TPSA) is 86.4 Å². The van der Waals surface area contributed by atoms with Gasteiger partial charge in [-0.05, 0) is 74.6 Å². The van der Waals surface area contributed by atoms with Crippen LogP contribution in [-0.4, -0.2) is 27.8 Å². The van der Waals surface area contributed by atoms with Crippen molar-refractivity contribution in [2.45, 2.75) is 44.3 Å². The molecule has 34 heavy (non-hydrogen) atoms. The fourth-order valence-electron chi connectivity index (χ4n) is 4.16. The maximum Gasteiger partial charge on any atom is 0.263 e. The minimum absolute atomic E-state index is 0.0600. The Bertz CT molecular complexity index is 1360. The maximum atomic E-state index is 13.6. The molecule has 1 aliphatic rings. The molecule has 3 heterocycles. The Balaban J connectivity index is 1.40. The predicted molar refractivity (Wildman–Crippen MR) is 135 cm³/mol.